The monoisotopic (exact) mass is 292 g/mol. The first-order chi connectivity index (χ1) is 10.3. The second kappa shape index (κ2) is 10.9. The van der Waals surface area contributed by atoms with Crippen molar-refractivity contribution in [2.75, 3.05) is 19.8 Å². The Balaban J connectivity index is 2.28. The Morgan fingerprint density at radius 1 is 1.14 bits per heavy atom. The van der Waals surface area contributed by atoms with E-state index in [2.05, 4.69) is 0 Å². The lowest BCUT2D eigenvalue weighted by molar-refractivity contribution is -0.137. The normalized spacial score (nSPS) is 10.8. The van der Waals surface area contributed by atoms with E-state index in [9.17, 15) is 4.79 Å². The van der Waals surface area contributed by atoms with Gasteiger partial charge in [0, 0.05) is 12.7 Å². The Bertz CT molecular complexity index is 423. The molecule has 0 radical (unpaired) electrons. The summed E-state index contributed by atoms with van der Waals surface area (Å²) in [6.07, 6.45) is 7.10. The number of benzene rings is 1. The Morgan fingerprint density at radius 2 is 1.86 bits per heavy atom. The largest absolute Gasteiger partial charge is 0.494 e. The van der Waals surface area contributed by atoms with Gasteiger partial charge < -0.3 is 14.6 Å². The number of ether oxygens (including phenoxy) is 2. The maximum Gasteiger partial charge on any atom is 0.330 e. The van der Waals surface area contributed by atoms with Crippen molar-refractivity contribution in [2.24, 2.45) is 0 Å². The van der Waals surface area contributed by atoms with Crippen LogP contribution >= 0.6 is 0 Å². The number of unbranched alkanes of at least 4 members (excludes halogenated alkanes) is 3. The molecule has 116 valence electrons. The summed E-state index contributed by atoms with van der Waals surface area (Å²) in [6, 6.07) is 7.57. The molecule has 1 N–H and O–H groups in total. The van der Waals surface area contributed by atoms with Crippen molar-refractivity contribution in [3.63, 3.8) is 0 Å². The lowest BCUT2D eigenvalue weighted by Crippen LogP contribution is -1.98. The van der Waals surface area contributed by atoms with E-state index in [4.69, 9.17) is 14.6 Å². The second-order valence-electron chi connectivity index (χ2n) is 4.64. The van der Waals surface area contributed by atoms with Crippen molar-refractivity contribution >= 4 is 12.0 Å². The summed E-state index contributed by atoms with van der Waals surface area (Å²) in [6.45, 7) is 3.11. The highest BCUT2D eigenvalue weighted by atomic mass is 16.5. The highest BCUT2D eigenvalue weighted by Gasteiger charge is 1.96. The summed E-state index contributed by atoms with van der Waals surface area (Å²) in [7, 11) is 0. The molecule has 0 fully saturated rings. The minimum absolute atomic E-state index is 0.266. The van der Waals surface area contributed by atoms with Crippen LogP contribution in [0, 0.1) is 0 Å². The zero-order valence-electron chi connectivity index (χ0n) is 12.6. The Labute approximate surface area is 126 Å². The van der Waals surface area contributed by atoms with Gasteiger partial charge in [0.15, 0.2) is 0 Å². The number of carbonyl (C=O) groups excluding carboxylic acids is 1. The molecule has 0 spiro atoms. The zero-order chi connectivity index (χ0) is 15.3. The number of hydrogen-bond donors (Lipinski definition) is 1. The van der Waals surface area contributed by atoms with E-state index in [0.717, 1.165) is 37.0 Å². The predicted octanol–water partition coefficient (Wildman–Crippen LogP) is 3.19. The van der Waals surface area contributed by atoms with Crippen molar-refractivity contribution in [1.82, 2.24) is 0 Å². The van der Waals surface area contributed by atoms with Crippen LogP contribution in [0.4, 0.5) is 0 Å². The average molecular weight is 292 g/mol. The van der Waals surface area contributed by atoms with Gasteiger partial charge in [-0.1, -0.05) is 18.6 Å². The number of aliphatic hydroxyl groups excluding tert-OH is 1. The van der Waals surface area contributed by atoms with Crippen LogP contribution in [0.15, 0.2) is 30.3 Å². The fourth-order valence-electron chi connectivity index (χ4n) is 1.79. The smallest absolute Gasteiger partial charge is 0.330 e. The third kappa shape index (κ3) is 8.15. The lowest BCUT2D eigenvalue weighted by Gasteiger charge is -2.06. The lowest BCUT2D eigenvalue weighted by atomic mass is 10.2. The molecule has 0 bridgehead atoms. The Morgan fingerprint density at radius 3 is 2.52 bits per heavy atom. The number of rotatable bonds is 10. The van der Waals surface area contributed by atoms with E-state index < -0.39 is 0 Å². The van der Waals surface area contributed by atoms with Crippen molar-refractivity contribution in [3.05, 3.63) is 35.9 Å². The molecular formula is C17H24O4. The molecule has 4 heteroatoms. The molecule has 1 aromatic carbocycles. The van der Waals surface area contributed by atoms with Crippen LogP contribution in [0.5, 0.6) is 5.75 Å². The predicted molar refractivity (Wildman–Crippen MR) is 83.2 cm³/mol. The molecule has 21 heavy (non-hydrogen) atoms. The number of hydrogen-bond acceptors (Lipinski definition) is 4. The third-order valence-corrected chi connectivity index (χ3v) is 2.90. The molecule has 0 unspecified atom stereocenters. The maximum absolute atomic E-state index is 11.2. The average Bonchev–Trinajstić information content (AvgIpc) is 2.50. The van der Waals surface area contributed by atoms with Crippen molar-refractivity contribution in [3.8, 4) is 5.75 Å². The quantitative estimate of drug-likeness (QED) is 0.409. The summed E-state index contributed by atoms with van der Waals surface area (Å²) in [5.41, 5.74) is 0.929. The van der Waals surface area contributed by atoms with Crippen LogP contribution in [0.2, 0.25) is 0 Å². The fraction of sp³-hybridized carbons (Fsp3) is 0.471. The molecular weight excluding hydrogens is 268 g/mol. The third-order valence-electron chi connectivity index (χ3n) is 2.90. The maximum atomic E-state index is 11.2. The molecule has 0 amide bonds. The van der Waals surface area contributed by atoms with E-state index in [1.54, 1.807) is 13.0 Å². The molecule has 0 aliphatic rings. The van der Waals surface area contributed by atoms with E-state index in [1.165, 1.54) is 6.08 Å². The molecule has 0 saturated heterocycles. The van der Waals surface area contributed by atoms with Gasteiger partial charge in [0.25, 0.3) is 0 Å². The van der Waals surface area contributed by atoms with E-state index in [0.29, 0.717) is 13.2 Å². The van der Waals surface area contributed by atoms with Gasteiger partial charge in [0.2, 0.25) is 0 Å². The second-order valence-corrected chi connectivity index (χ2v) is 4.64. The Hall–Kier alpha value is -1.81. The molecule has 0 aliphatic carbocycles. The SMILES string of the molecule is CCOC(=O)C=Cc1ccc(OCCCCCCO)cc1. The molecule has 0 aromatic heterocycles. The van der Waals surface area contributed by atoms with Crippen LogP contribution < -0.4 is 4.74 Å². The summed E-state index contributed by atoms with van der Waals surface area (Å²) in [5.74, 6) is 0.492. The fourth-order valence-corrected chi connectivity index (χ4v) is 1.79. The topological polar surface area (TPSA) is 55.8 Å². The summed E-state index contributed by atoms with van der Waals surface area (Å²) in [4.78, 5) is 11.2. The van der Waals surface area contributed by atoms with Gasteiger partial charge in [-0.15, -0.1) is 0 Å². The van der Waals surface area contributed by atoms with Gasteiger partial charge >= 0.3 is 5.97 Å². The standard InChI is InChI=1S/C17H24O4/c1-2-20-17(19)12-9-15-7-10-16(11-8-15)21-14-6-4-3-5-13-18/h7-12,18H,2-6,13-14H2,1H3. The van der Waals surface area contributed by atoms with Gasteiger partial charge in [0.1, 0.15) is 5.75 Å². The van der Waals surface area contributed by atoms with Gasteiger partial charge in [-0.2, -0.15) is 0 Å². The molecule has 0 aliphatic heterocycles. The molecule has 4 nitrogen and oxygen atoms in total. The molecule has 1 aromatic rings. The van der Waals surface area contributed by atoms with Crippen molar-refractivity contribution < 1.29 is 19.4 Å². The first-order valence-corrected chi connectivity index (χ1v) is 7.45. The first kappa shape index (κ1) is 17.2. The zero-order valence-corrected chi connectivity index (χ0v) is 12.6. The van der Waals surface area contributed by atoms with Crippen LogP contribution in [0.25, 0.3) is 6.08 Å². The highest BCUT2D eigenvalue weighted by Crippen LogP contribution is 2.14. The number of aliphatic hydroxyl groups is 1. The van der Waals surface area contributed by atoms with Crippen LogP contribution in [-0.2, 0) is 9.53 Å². The van der Waals surface area contributed by atoms with Crippen LogP contribution in [0.3, 0.4) is 0 Å². The first-order valence-electron chi connectivity index (χ1n) is 7.45. The number of carbonyl (C=O) groups is 1. The van der Waals surface area contributed by atoms with Gasteiger partial charge in [-0.3, -0.25) is 0 Å². The molecule has 0 heterocycles. The van der Waals surface area contributed by atoms with E-state index in [-0.39, 0.29) is 12.6 Å². The van der Waals surface area contributed by atoms with Gasteiger partial charge in [-0.05, 0) is 50.0 Å². The van der Waals surface area contributed by atoms with Gasteiger partial charge in [-0.25, -0.2) is 4.79 Å². The van der Waals surface area contributed by atoms with Crippen molar-refractivity contribution in [1.29, 1.82) is 0 Å². The molecule has 1 rings (SSSR count). The van der Waals surface area contributed by atoms with Gasteiger partial charge in [0.05, 0.1) is 13.2 Å². The summed E-state index contributed by atoms with van der Waals surface area (Å²) < 4.78 is 10.4. The molecule has 0 saturated carbocycles. The van der Waals surface area contributed by atoms with E-state index >= 15 is 0 Å². The Kier molecular flexibility index (Phi) is 8.96. The minimum atomic E-state index is -0.333. The van der Waals surface area contributed by atoms with Crippen molar-refractivity contribution in [2.45, 2.75) is 32.6 Å². The van der Waals surface area contributed by atoms with Crippen LogP contribution in [-0.4, -0.2) is 30.9 Å². The van der Waals surface area contributed by atoms with Crippen LogP contribution in [0.1, 0.15) is 38.2 Å². The highest BCUT2D eigenvalue weighted by molar-refractivity contribution is 5.87. The van der Waals surface area contributed by atoms with E-state index in [1.807, 2.05) is 24.3 Å². The summed E-state index contributed by atoms with van der Waals surface area (Å²) in [5, 5.41) is 8.67. The number of esters is 1. The summed E-state index contributed by atoms with van der Waals surface area (Å²) >= 11 is 0. The molecule has 0 atom stereocenters. The minimum Gasteiger partial charge on any atom is -0.494 e.